The van der Waals surface area contributed by atoms with Gasteiger partial charge in [0.25, 0.3) is 5.56 Å². The maximum Gasteiger partial charge on any atom is 0.432 e. The summed E-state index contributed by atoms with van der Waals surface area (Å²) in [7, 11) is 0. The van der Waals surface area contributed by atoms with Crippen LogP contribution in [0.5, 0.6) is 0 Å². The molecule has 0 spiro atoms. The minimum atomic E-state index is -1.33. The first-order valence-electron chi connectivity index (χ1n) is 11.6. The van der Waals surface area contributed by atoms with Crippen molar-refractivity contribution in [3.63, 3.8) is 0 Å². The Labute approximate surface area is 219 Å². The minimum absolute atomic E-state index is 0.0633. The van der Waals surface area contributed by atoms with Crippen LogP contribution in [-0.4, -0.2) is 54.8 Å². The van der Waals surface area contributed by atoms with Crippen LogP contribution >= 0.6 is 11.6 Å². The van der Waals surface area contributed by atoms with Gasteiger partial charge in [0.15, 0.2) is 5.82 Å². The molecule has 13 heteroatoms. The number of halogens is 3. The van der Waals surface area contributed by atoms with Gasteiger partial charge >= 0.3 is 6.09 Å². The molecule has 1 atom stereocenters. The van der Waals surface area contributed by atoms with Crippen molar-refractivity contribution in [1.29, 1.82) is 0 Å². The third kappa shape index (κ3) is 5.27. The molecule has 0 aliphatic carbocycles. The number of benzene rings is 1. The number of carbonyl (C=O) groups is 1. The second kappa shape index (κ2) is 10.7. The van der Waals surface area contributed by atoms with Gasteiger partial charge in [0, 0.05) is 48.8 Å². The summed E-state index contributed by atoms with van der Waals surface area (Å²) in [4.78, 5) is 33.0. The van der Waals surface area contributed by atoms with E-state index < -0.39 is 29.3 Å². The third-order valence-electron chi connectivity index (χ3n) is 6.17. The lowest BCUT2D eigenvalue weighted by Gasteiger charge is -2.23. The Bertz CT molecular complexity index is 1550. The zero-order valence-corrected chi connectivity index (χ0v) is 20.5. The summed E-state index contributed by atoms with van der Waals surface area (Å²) in [5, 5.41) is 16.1. The van der Waals surface area contributed by atoms with Crippen molar-refractivity contribution in [2.24, 2.45) is 0 Å². The van der Waals surface area contributed by atoms with Crippen LogP contribution in [0.4, 0.5) is 19.5 Å². The highest BCUT2D eigenvalue weighted by molar-refractivity contribution is 6.30. The van der Waals surface area contributed by atoms with E-state index in [2.05, 4.69) is 20.4 Å². The zero-order valence-electron chi connectivity index (χ0n) is 19.7. The van der Waals surface area contributed by atoms with Gasteiger partial charge in [0.2, 0.25) is 5.95 Å². The molecule has 1 aliphatic heterocycles. The molecular weight excluding hydrogens is 522 g/mol. The van der Waals surface area contributed by atoms with Crippen molar-refractivity contribution < 1.29 is 23.4 Å². The molecule has 1 fully saturated rings. The van der Waals surface area contributed by atoms with E-state index in [0.717, 1.165) is 25.1 Å². The largest absolute Gasteiger partial charge is 0.463 e. The average Bonchev–Trinajstić information content (AvgIpc) is 3.39. The SMILES string of the molecule is O=C(O)n1cc(C(c2ccc(Cl)c(F)c2)n2ccc(-c3nc(NC4CCOCC4)ncc3F)cc2=O)cn1. The van der Waals surface area contributed by atoms with E-state index in [4.69, 9.17) is 16.3 Å². The Morgan fingerprint density at radius 1 is 1.13 bits per heavy atom. The first kappa shape index (κ1) is 25.5. The number of nitrogens with one attached hydrogen (secondary N) is 1. The number of nitrogens with zero attached hydrogens (tertiary/aromatic N) is 5. The van der Waals surface area contributed by atoms with E-state index in [1.165, 1.54) is 47.4 Å². The Kier molecular flexibility index (Phi) is 7.16. The number of anilines is 1. The van der Waals surface area contributed by atoms with Crippen LogP contribution < -0.4 is 10.9 Å². The molecule has 38 heavy (non-hydrogen) atoms. The summed E-state index contributed by atoms with van der Waals surface area (Å²) in [5.41, 5.74) is 0.209. The van der Waals surface area contributed by atoms with Crippen molar-refractivity contribution in [3.8, 4) is 11.3 Å². The predicted octanol–water partition coefficient (Wildman–Crippen LogP) is 4.19. The Morgan fingerprint density at radius 3 is 2.61 bits per heavy atom. The van der Waals surface area contributed by atoms with Crippen LogP contribution in [0.15, 0.2) is 59.9 Å². The van der Waals surface area contributed by atoms with Gasteiger partial charge in [-0.3, -0.25) is 4.79 Å². The van der Waals surface area contributed by atoms with Crippen LogP contribution in [0.3, 0.4) is 0 Å². The molecule has 1 unspecified atom stereocenters. The van der Waals surface area contributed by atoms with Crippen LogP contribution in [-0.2, 0) is 4.74 Å². The molecule has 2 N–H and O–H groups in total. The van der Waals surface area contributed by atoms with E-state index in [1.807, 2.05) is 0 Å². The maximum atomic E-state index is 14.7. The van der Waals surface area contributed by atoms with Crippen molar-refractivity contribution in [1.82, 2.24) is 24.3 Å². The zero-order chi connectivity index (χ0) is 26.8. The van der Waals surface area contributed by atoms with Crippen LogP contribution in [0.1, 0.15) is 30.0 Å². The number of ether oxygens (including phenoxy) is 1. The van der Waals surface area contributed by atoms with E-state index in [1.54, 1.807) is 0 Å². The molecule has 4 heterocycles. The Balaban J connectivity index is 1.53. The van der Waals surface area contributed by atoms with Crippen molar-refractivity contribution in [3.05, 3.63) is 93.3 Å². The van der Waals surface area contributed by atoms with Crippen molar-refractivity contribution >= 4 is 23.6 Å². The molecule has 0 amide bonds. The van der Waals surface area contributed by atoms with Gasteiger partial charge in [0.1, 0.15) is 11.5 Å². The summed E-state index contributed by atoms with van der Waals surface area (Å²) < 4.78 is 36.3. The van der Waals surface area contributed by atoms with Crippen LogP contribution in [0.25, 0.3) is 11.3 Å². The van der Waals surface area contributed by atoms with Gasteiger partial charge in [-0.25, -0.2) is 23.5 Å². The van der Waals surface area contributed by atoms with E-state index in [9.17, 15) is 23.5 Å². The average molecular weight is 543 g/mol. The minimum Gasteiger partial charge on any atom is -0.463 e. The number of hydrogen-bond acceptors (Lipinski definition) is 7. The summed E-state index contributed by atoms with van der Waals surface area (Å²) in [6, 6.07) is 5.84. The first-order valence-corrected chi connectivity index (χ1v) is 12.0. The highest BCUT2D eigenvalue weighted by Crippen LogP contribution is 2.29. The second-order valence-electron chi connectivity index (χ2n) is 8.66. The number of carboxylic acid groups (broad SMARTS) is 1. The van der Waals surface area contributed by atoms with Gasteiger partial charge < -0.3 is 19.7 Å². The summed E-state index contributed by atoms with van der Waals surface area (Å²) in [6.45, 7) is 1.21. The van der Waals surface area contributed by atoms with Gasteiger partial charge in [-0.1, -0.05) is 17.7 Å². The lowest BCUT2D eigenvalue weighted by molar-refractivity contribution is 0.0903. The molecule has 1 saturated heterocycles. The summed E-state index contributed by atoms with van der Waals surface area (Å²) in [5.74, 6) is -1.19. The Hall–Kier alpha value is -4.16. The highest BCUT2D eigenvalue weighted by atomic mass is 35.5. The molecule has 3 aromatic heterocycles. The molecular formula is C25H21ClF2N6O4. The van der Waals surface area contributed by atoms with Crippen molar-refractivity contribution in [2.75, 3.05) is 18.5 Å². The fourth-order valence-electron chi connectivity index (χ4n) is 4.29. The first-order chi connectivity index (χ1) is 18.3. The maximum absolute atomic E-state index is 14.7. The molecule has 1 aliphatic rings. The number of aromatic nitrogens is 5. The van der Waals surface area contributed by atoms with E-state index in [-0.39, 0.29) is 28.3 Å². The number of rotatable bonds is 6. The molecule has 5 rings (SSSR count). The quantitative estimate of drug-likeness (QED) is 0.372. The normalized spacial score (nSPS) is 14.8. The van der Waals surface area contributed by atoms with E-state index in [0.29, 0.717) is 29.0 Å². The standard InChI is InChI=1S/C25H21ClF2N6O4/c26-18-2-1-15(9-19(18)27)23(16-11-30-34(13-16)25(36)37)33-6-3-14(10-21(33)35)22-20(28)12-29-24(32-22)31-17-4-7-38-8-5-17/h1-3,6,9-13,17,23H,4-5,7-8H2,(H,36,37)(H,29,31,32). The van der Waals surface area contributed by atoms with Gasteiger partial charge in [-0.2, -0.15) is 9.78 Å². The van der Waals surface area contributed by atoms with Gasteiger partial charge in [-0.15, -0.1) is 0 Å². The lowest BCUT2D eigenvalue weighted by atomic mass is 10.0. The van der Waals surface area contributed by atoms with Gasteiger partial charge in [-0.05, 0) is 36.6 Å². The molecule has 0 saturated carbocycles. The molecule has 196 valence electrons. The Morgan fingerprint density at radius 2 is 1.92 bits per heavy atom. The third-order valence-corrected chi connectivity index (χ3v) is 6.48. The fourth-order valence-corrected chi connectivity index (χ4v) is 4.41. The number of hydrogen-bond donors (Lipinski definition) is 2. The molecule has 0 radical (unpaired) electrons. The topological polar surface area (TPSA) is 124 Å². The molecule has 0 bridgehead atoms. The van der Waals surface area contributed by atoms with Gasteiger partial charge in [0.05, 0.1) is 23.5 Å². The van der Waals surface area contributed by atoms with E-state index >= 15 is 0 Å². The lowest BCUT2D eigenvalue weighted by Crippen LogP contribution is -2.28. The molecule has 1 aromatic carbocycles. The number of pyridine rings is 1. The summed E-state index contributed by atoms with van der Waals surface area (Å²) >= 11 is 5.84. The monoisotopic (exact) mass is 542 g/mol. The summed E-state index contributed by atoms with van der Waals surface area (Å²) in [6.07, 6.45) is 5.12. The van der Waals surface area contributed by atoms with Crippen molar-refractivity contribution in [2.45, 2.75) is 24.9 Å². The smallest absolute Gasteiger partial charge is 0.432 e. The fraction of sp³-hybridized carbons (Fsp3) is 0.240. The van der Waals surface area contributed by atoms with Crippen LogP contribution in [0.2, 0.25) is 5.02 Å². The van der Waals surface area contributed by atoms with Crippen LogP contribution in [0, 0.1) is 11.6 Å². The highest BCUT2D eigenvalue weighted by Gasteiger charge is 2.23. The predicted molar refractivity (Wildman–Crippen MR) is 133 cm³/mol. The molecule has 10 nitrogen and oxygen atoms in total. The molecule has 4 aromatic rings. The second-order valence-corrected chi connectivity index (χ2v) is 9.07.